The predicted molar refractivity (Wildman–Crippen MR) is 68.9 cm³/mol. The van der Waals surface area contributed by atoms with E-state index < -0.39 is 17.8 Å². The third kappa shape index (κ3) is 1.90. The van der Waals surface area contributed by atoms with Gasteiger partial charge in [0.25, 0.3) is 5.92 Å². The molecule has 2 saturated carbocycles. The molecule has 4 heteroatoms. The Balaban J connectivity index is 1.67. The van der Waals surface area contributed by atoms with E-state index in [0.29, 0.717) is 24.9 Å². The van der Waals surface area contributed by atoms with Gasteiger partial charge in [-0.25, -0.2) is 8.78 Å². The van der Waals surface area contributed by atoms with Gasteiger partial charge in [0.05, 0.1) is 0 Å². The van der Waals surface area contributed by atoms with Gasteiger partial charge in [0, 0.05) is 29.8 Å². The number of hydrogen-bond acceptors (Lipinski definition) is 1. The highest BCUT2D eigenvalue weighted by molar-refractivity contribution is 5.80. The van der Waals surface area contributed by atoms with Gasteiger partial charge in [-0.2, -0.15) is 0 Å². The number of likely N-dealkylation sites (tertiary alicyclic amines) is 1. The van der Waals surface area contributed by atoms with E-state index in [2.05, 4.69) is 13.8 Å². The second-order valence-corrected chi connectivity index (χ2v) is 6.50. The topological polar surface area (TPSA) is 20.3 Å². The van der Waals surface area contributed by atoms with Crippen LogP contribution in [0.1, 0.15) is 52.4 Å². The Labute approximate surface area is 113 Å². The second kappa shape index (κ2) is 4.42. The molecule has 4 unspecified atom stereocenters. The van der Waals surface area contributed by atoms with E-state index in [0.717, 1.165) is 25.7 Å². The fraction of sp³-hybridized carbons (Fsp3) is 0.933. The number of carbonyl (C=O) groups is 1. The van der Waals surface area contributed by atoms with Crippen molar-refractivity contribution in [1.82, 2.24) is 4.90 Å². The predicted octanol–water partition coefficient (Wildman–Crippen LogP) is 3.46. The lowest BCUT2D eigenvalue weighted by molar-refractivity contribution is -0.139. The normalized spacial score (nSPS) is 43.4. The standard InChI is InChI=1S/C15H23F2NO/c1-3-10-5-6-11(4-2)18(10)14(19)9-7-12-13(8-9)15(12,16)17/h9-13H,3-8H2,1-2H3. The summed E-state index contributed by atoms with van der Waals surface area (Å²) >= 11 is 0. The van der Waals surface area contributed by atoms with Crippen molar-refractivity contribution in [3.63, 3.8) is 0 Å². The maximum absolute atomic E-state index is 13.2. The molecule has 3 fully saturated rings. The molecule has 1 aliphatic heterocycles. The highest BCUT2D eigenvalue weighted by atomic mass is 19.3. The fourth-order valence-electron chi connectivity index (χ4n) is 4.35. The number of rotatable bonds is 3. The van der Waals surface area contributed by atoms with Crippen LogP contribution in [0.4, 0.5) is 8.78 Å². The van der Waals surface area contributed by atoms with Crippen LogP contribution in [-0.2, 0) is 4.79 Å². The zero-order valence-electron chi connectivity index (χ0n) is 11.7. The number of hydrogen-bond donors (Lipinski definition) is 0. The molecule has 3 rings (SSSR count). The summed E-state index contributed by atoms with van der Waals surface area (Å²) in [6.07, 6.45) is 4.96. The van der Waals surface area contributed by atoms with Crippen LogP contribution in [0.15, 0.2) is 0 Å². The molecule has 1 heterocycles. The molecule has 0 N–H and O–H groups in total. The molecule has 0 bridgehead atoms. The van der Waals surface area contributed by atoms with Gasteiger partial charge in [-0.3, -0.25) is 4.79 Å². The second-order valence-electron chi connectivity index (χ2n) is 6.50. The molecule has 108 valence electrons. The van der Waals surface area contributed by atoms with Crippen LogP contribution in [0.3, 0.4) is 0 Å². The van der Waals surface area contributed by atoms with Gasteiger partial charge < -0.3 is 4.90 Å². The largest absolute Gasteiger partial charge is 0.337 e. The highest BCUT2D eigenvalue weighted by Gasteiger charge is 2.72. The maximum atomic E-state index is 13.2. The molecule has 2 nitrogen and oxygen atoms in total. The molecule has 0 aromatic heterocycles. The van der Waals surface area contributed by atoms with E-state index in [-0.39, 0.29) is 11.8 Å². The van der Waals surface area contributed by atoms with Gasteiger partial charge in [-0.05, 0) is 38.5 Å². The van der Waals surface area contributed by atoms with Crippen LogP contribution in [0.5, 0.6) is 0 Å². The molecule has 19 heavy (non-hydrogen) atoms. The summed E-state index contributed by atoms with van der Waals surface area (Å²) < 4.78 is 26.4. The average molecular weight is 271 g/mol. The van der Waals surface area contributed by atoms with Crippen molar-refractivity contribution in [2.45, 2.75) is 70.4 Å². The Hall–Kier alpha value is -0.670. The lowest BCUT2D eigenvalue weighted by atomic mass is 9.99. The van der Waals surface area contributed by atoms with Crippen LogP contribution >= 0.6 is 0 Å². The fourth-order valence-corrected chi connectivity index (χ4v) is 4.35. The smallest absolute Gasteiger partial charge is 0.254 e. The SMILES string of the molecule is CCC1CCC(CC)N1C(=O)C1CC2C(C1)C2(F)F. The summed E-state index contributed by atoms with van der Waals surface area (Å²) in [5, 5.41) is 0. The summed E-state index contributed by atoms with van der Waals surface area (Å²) in [5.41, 5.74) is 0. The Morgan fingerprint density at radius 3 is 2.00 bits per heavy atom. The monoisotopic (exact) mass is 271 g/mol. The van der Waals surface area contributed by atoms with Crippen LogP contribution in [-0.4, -0.2) is 28.8 Å². The van der Waals surface area contributed by atoms with Crippen LogP contribution < -0.4 is 0 Å². The molecule has 1 amide bonds. The average Bonchev–Trinajstić information content (AvgIpc) is 2.89. The van der Waals surface area contributed by atoms with Crippen molar-refractivity contribution in [1.29, 1.82) is 0 Å². The van der Waals surface area contributed by atoms with Crippen LogP contribution in [0.2, 0.25) is 0 Å². The van der Waals surface area contributed by atoms with Gasteiger partial charge in [0.2, 0.25) is 5.91 Å². The number of carbonyl (C=O) groups excluding carboxylic acids is 1. The Kier molecular flexibility index (Phi) is 3.10. The minimum atomic E-state index is -2.46. The lowest BCUT2D eigenvalue weighted by Crippen LogP contribution is -2.44. The molecule has 2 aliphatic carbocycles. The van der Waals surface area contributed by atoms with Crippen molar-refractivity contribution in [2.75, 3.05) is 0 Å². The van der Waals surface area contributed by atoms with E-state index in [1.54, 1.807) is 0 Å². The van der Waals surface area contributed by atoms with Crippen molar-refractivity contribution in [3.05, 3.63) is 0 Å². The van der Waals surface area contributed by atoms with Crippen molar-refractivity contribution >= 4 is 5.91 Å². The van der Waals surface area contributed by atoms with Crippen molar-refractivity contribution in [2.24, 2.45) is 17.8 Å². The zero-order valence-corrected chi connectivity index (χ0v) is 11.7. The molecular formula is C15H23F2NO. The summed E-state index contributed by atoms with van der Waals surface area (Å²) in [6, 6.07) is 0.685. The van der Waals surface area contributed by atoms with E-state index >= 15 is 0 Å². The van der Waals surface area contributed by atoms with Gasteiger partial charge in [0.15, 0.2) is 0 Å². The zero-order chi connectivity index (χ0) is 13.8. The van der Waals surface area contributed by atoms with E-state index in [1.165, 1.54) is 0 Å². The Morgan fingerprint density at radius 1 is 1.11 bits per heavy atom. The Bertz CT molecular complexity index is 358. The molecule has 0 radical (unpaired) electrons. The lowest BCUT2D eigenvalue weighted by Gasteiger charge is -2.32. The molecule has 0 spiro atoms. The summed E-state index contributed by atoms with van der Waals surface area (Å²) in [7, 11) is 0. The summed E-state index contributed by atoms with van der Waals surface area (Å²) in [5.74, 6) is -3.42. The van der Waals surface area contributed by atoms with Crippen molar-refractivity contribution in [3.8, 4) is 0 Å². The first kappa shape index (κ1) is 13.3. The number of nitrogens with zero attached hydrogens (tertiary/aromatic N) is 1. The van der Waals surface area contributed by atoms with Crippen LogP contribution in [0, 0.1) is 17.8 Å². The van der Waals surface area contributed by atoms with Gasteiger partial charge in [-0.1, -0.05) is 13.8 Å². The molecule has 4 atom stereocenters. The molecule has 1 saturated heterocycles. The number of halogens is 2. The minimum absolute atomic E-state index is 0.129. The highest BCUT2D eigenvalue weighted by Crippen LogP contribution is 2.66. The Morgan fingerprint density at radius 2 is 1.58 bits per heavy atom. The van der Waals surface area contributed by atoms with Gasteiger partial charge in [-0.15, -0.1) is 0 Å². The van der Waals surface area contributed by atoms with E-state index in [4.69, 9.17) is 0 Å². The molecule has 0 aromatic rings. The quantitative estimate of drug-likeness (QED) is 0.770. The minimum Gasteiger partial charge on any atom is -0.337 e. The number of amides is 1. The maximum Gasteiger partial charge on any atom is 0.254 e. The van der Waals surface area contributed by atoms with E-state index in [1.807, 2.05) is 4.90 Å². The molecule has 0 aromatic carbocycles. The van der Waals surface area contributed by atoms with Gasteiger partial charge in [0.1, 0.15) is 0 Å². The van der Waals surface area contributed by atoms with Crippen molar-refractivity contribution < 1.29 is 13.6 Å². The van der Waals surface area contributed by atoms with E-state index in [9.17, 15) is 13.6 Å². The molecular weight excluding hydrogens is 248 g/mol. The molecule has 3 aliphatic rings. The first-order valence-corrected chi connectivity index (χ1v) is 7.70. The summed E-state index contributed by atoms with van der Waals surface area (Å²) in [6.45, 7) is 4.23. The third-order valence-electron chi connectivity index (χ3n) is 5.61. The number of alkyl halides is 2. The first-order chi connectivity index (χ1) is 9.00. The van der Waals surface area contributed by atoms with Crippen LogP contribution in [0.25, 0.3) is 0 Å². The third-order valence-corrected chi connectivity index (χ3v) is 5.61. The number of fused-ring (bicyclic) bond motifs is 1. The first-order valence-electron chi connectivity index (χ1n) is 7.70. The summed E-state index contributed by atoms with van der Waals surface area (Å²) in [4.78, 5) is 14.7. The van der Waals surface area contributed by atoms with Gasteiger partial charge >= 0.3 is 0 Å².